The summed E-state index contributed by atoms with van der Waals surface area (Å²) in [5.41, 5.74) is 2.49. The summed E-state index contributed by atoms with van der Waals surface area (Å²) in [4.78, 5) is 15.0. The van der Waals surface area contributed by atoms with Gasteiger partial charge in [-0.05, 0) is 31.0 Å². The summed E-state index contributed by atoms with van der Waals surface area (Å²) < 4.78 is 11.0. The van der Waals surface area contributed by atoms with E-state index in [9.17, 15) is 4.79 Å². The molecule has 4 rings (SSSR count). The zero-order valence-corrected chi connectivity index (χ0v) is 13.8. The van der Waals surface area contributed by atoms with Crippen LogP contribution in [0.25, 0.3) is 0 Å². The highest BCUT2D eigenvalue weighted by Gasteiger charge is 2.43. The van der Waals surface area contributed by atoms with E-state index in [1.165, 1.54) is 0 Å². The molecule has 0 unspecified atom stereocenters. The third kappa shape index (κ3) is 2.28. The standard InChI is InChI=1S/C19H20N2O3/c1-23-16-9-5-7-14(17(16)24-2)18-20-15-8-4-3-6-13(15)19(22)21(18)12-10-11-12/h3-9,12,18,20H,10-11H2,1-2H3/t18-/m1/s1. The van der Waals surface area contributed by atoms with E-state index < -0.39 is 0 Å². The van der Waals surface area contributed by atoms with Crippen molar-refractivity contribution in [3.63, 3.8) is 0 Å². The summed E-state index contributed by atoms with van der Waals surface area (Å²) >= 11 is 0. The Kier molecular flexibility index (Phi) is 3.56. The van der Waals surface area contributed by atoms with Gasteiger partial charge >= 0.3 is 0 Å². The van der Waals surface area contributed by atoms with Crippen LogP contribution in [0, 0.1) is 0 Å². The Morgan fingerprint density at radius 2 is 1.83 bits per heavy atom. The summed E-state index contributed by atoms with van der Waals surface area (Å²) in [5, 5.41) is 3.51. The number of benzene rings is 2. The van der Waals surface area contributed by atoms with E-state index in [0.29, 0.717) is 11.5 Å². The third-order valence-electron chi connectivity index (χ3n) is 4.63. The Hall–Kier alpha value is -2.69. The second kappa shape index (κ2) is 5.74. The van der Waals surface area contributed by atoms with Crippen LogP contribution in [0.1, 0.15) is 34.9 Å². The van der Waals surface area contributed by atoms with Gasteiger partial charge in [0.2, 0.25) is 0 Å². The lowest BCUT2D eigenvalue weighted by Crippen LogP contribution is -2.44. The van der Waals surface area contributed by atoms with Crippen molar-refractivity contribution < 1.29 is 14.3 Å². The predicted molar refractivity (Wildman–Crippen MR) is 91.5 cm³/mol. The van der Waals surface area contributed by atoms with E-state index >= 15 is 0 Å². The number of nitrogens with zero attached hydrogens (tertiary/aromatic N) is 1. The number of amides is 1. The Bertz CT molecular complexity index is 786. The van der Waals surface area contributed by atoms with Gasteiger partial charge in [-0.15, -0.1) is 0 Å². The molecule has 1 fully saturated rings. The normalized spacial score (nSPS) is 19.5. The van der Waals surface area contributed by atoms with Crippen molar-refractivity contribution >= 4 is 11.6 Å². The SMILES string of the molecule is COc1cccc([C@@H]2Nc3ccccc3C(=O)N2C2CC2)c1OC. The first-order chi connectivity index (χ1) is 11.7. The number of hydrogen-bond acceptors (Lipinski definition) is 4. The van der Waals surface area contributed by atoms with E-state index in [0.717, 1.165) is 29.7 Å². The van der Waals surface area contributed by atoms with Crippen molar-refractivity contribution in [2.24, 2.45) is 0 Å². The van der Waals surface area contributed by atoms with E-state index in [4.69, 9.17) is 9.47 Å². The average molecular weight is 324 g/mol. The topological polar surface area (TPSA) is 50.8 Å². The maximum atomic E-state index is 13.0. The van der Waals surface area contributed by atoms with E-state index in [1.807, 2.05) is 47.4 Å². The monoisotopic (exact) mass is 324 g/mol. The second-order valence-electron chi connectivity index (χ2n) is 6.12. The smallest absolute Gasteiger partial charge is 0.258 e. The van der Waals surface area contributed by atoms with E-state index in [2.05, 4.69) is 5.32 Å². The summed E-state index contributed by atoms with van der Waals surface area (Å²) in [5.74, 6) is 1.40. The first-order valence-corrected chi connectivity index (χ1v) is 8.13. The van der Waals surface area contributed by atoms with Gasteiger partial charge in [0.25, 0.3) is 5.91 Å². The van der Waals surface area contributed by atoms with Crippen LogP contribution in [-0.4, -0.2) is 31.1 Å². The molecule has 1 saturated carbocycles. The highest BCUT2D eigenvalue weighted by atomic mass is 16.5. The molecule has 2 aliphatic rings. The number of nitrogens with one attached hydrogen (secondary N) is 1. The van der Waals surface area contributed by atoms with Gasteiger partial charge in [0, 0.05) is 17.3 Å². The zero-order valence-electron chi connectivity index (χ0n) is 13.8. The van der Waals surface area contributed by atoms with Crippen LogP contribution in [0.2, 0.25) is 0 Å². The van der Waals surface area contributed by atoms with Gasteiger partial charge in [-0.2, -0.15) is 0 Å². The number of carbonyl (C=O) groups excluding carboxylic acids is 1. The number of carbonyl (C=O) groups is 1. The molecule has 124 valence electrons. The molecule has 1 amide bonds. The summed E-state index contributed by atoms with van der Waals surface area (Å²) in [6.07, 6.45) is 1.82. The fraction of sp³-hybridized carbons (Fsp3) is 0.316. The van der Waals surface area contributed by atoms with Crippen molar-refractivity contribution in [1.82, 2.24) is 4.90 Å². The molecular weight excluding hydrogens is 304 g/mol. The van der Waals surface area contributed by atoms with Crippen LogP contribution in [0.5, 0.6) is 11.5 Å². The number of anilines is 1. The van der Waals surface area contributed by atoms with Gasteiger partial charge in [0.05, 0.1) is 19.8 Å². The molecule has 2 aromatic carbocycles. The molecule has 1 atom stereocenters. The molecule has 0 aromatic heterocycles. The van der Waals surface area contributed by atoms with Gasteiger partial charge in [0.1, 0.15) is 6.17 Å². The van der Waals surface area contributed by atoms with Crippen LogP contribution in [-0.2, 0) is 0 Å². The van der Waals surface area contributed by atoms with Crippen LogP contribution < -0.4 is 14.8 Å². The van der Waals surface area contributed by atoms with Crippen molar-refractivity contribution in [3.8, 4) is 11.5 Å². The predicted octanol–water partition coefficient (Wildman–Crippen LogP) is 3.43. The van der Waals surface area contributed by atoms with Crippen molar-refractivity contribution in [1.29, 1.82) is 0 Å². The highest BCUT2D eigenvalue weighted by molar-refractivity contribution is 6.02. The summed E-state index contributed by atoms with van der Waals surface area (Å²) in [6.45, 7) is 0. The molecule has 5 heteroatoms. The lowest BCUT2D eigenvalue weighted by Gasteiger charge is -2.39. The zero-order chi connectivity index (χ0) is 16.7. The van der Waals surface area contributed by atoms with E-state index in [-0.39, 0.29) is 18.1 Å². The quantitative estimate of drug-likeness (QED) is 0.936. The molecule has 0 bridgehead atoms. The van der Waals surface area contributed by atoms with Crippen molar-refractivity contribution in [2.45, 2.75) is 25.0 Å². The lowest BCUT2D eigenvalue weighted by atomic mass is 10.0. The second-order valence-corrected chi connectivity index (χ2v) is 6.12. The lowest BCUT2D eigenvalue weighted by molar-refractivity contribution is 0.0664. The maximum absolute atomic E-state index is 13.0. The number of methoxy groups -OCH3 is 2. The van der Waals surface area contributed by atoms with Crippen molar-refractivity contribution in [2.75, 3.05) is 19.5 Å². The third-order valence-corrected chi connectivity index (χ3v) is 4.63. The van der Waals surface area contributed by atoms with Crippen LogP contribution in [0.15, 0.2) is 42.5 Å². The van der Waals surface area contributed by atoms with Crippen LogP contribution in [0.3, 0.4) is 0 Å². The first-order valence-electron chi connectivity index (χ1n) is 8.13. The van der Waals surface area contributed by atoms with Crippen LogP contribution >= 0.6 is 0 Å². The first kappa shape index (κ1) is 14.9. The van der Waals surface area contributed by atoms with Gasteiger partial charge in [-0.3, -0.25) is 4.79 Å². The fourth-order valence-electron chi connectivity index (χ4n) is 3.35. The Labute approximate surface area is 141 Å². The largest absolute Gasteiger partial charge is 0.493 e. The molecule has 2 aromatic rings. The van der Waals surface area contributed by atoms with E-state index in [1.54, 1.807) is 14.2 Å². The molecule has 0 radical (unpaired) electrons. The van der Waals surface area contributed by atoms with Crippen molar-refractivity contribution in [3.05, 3.63) is 53.6 Å². The molecule has 1 aliphatic heterocycles. The molecule has 5 nitrogen and oxygen atoms in total. The number of hydrogen-bond donors (Lipinski definition) is 1. The number of para-hydroxylation sites is 2. The fourth-order valence-corrected chi connectivity index (χ4v) is 3.35. The van der Waals surface area contributed by atoms with Gasteiger partial charge in [-0.1, -0.05) is 24.3 Å². The summed E-state index contributed by atoms with van der Waals surface area (Å²) in [7, 11) is 3.25. The minimum Gasteiger partial charge on any atom is -0.493 e. The van der Waals surface area contributed by atoms with Gasteiger partial charge in [-0.25, -0.2) is 0 Å². The molecular formula is C19H20N2O3. The Balaban J connectivity index is 1.84. The Morgan fingerprint density at radius 1 is 1.04 bits per heavy atom. The van der Waals surface area contributed by atoms with Gasteiger partial charge < -0.3 is 19.7 Å². The number of ether oxygens (including phenoxy) is 2. The highest BCUT2D eigenvalue weighted by Crippen LogP contribution is 2.44. The molecule has 24 heavy (non-hydrogen) atoms. The molecule has 0 spiro atoms. The number of fused-ring (bicyclic) bond motifs is 1. The molecule has 1 heterocycles. The number of rotatable bonds is 4. The molecule has 1 N–H and O–H groups in total. The minimum absolute atomic E-state index is 0.0710. The molecule has 1 aliphatic carbocycles. The average Bonchev–Trinajstić information content (AvgIpc) is 3.45. The van der Waals surface area contributed by atoms with Crippen LogP contribution in [0.4, 0.5) is 5.69 Å². The summed E-state index contributed by atoms with van der Waals surface area (Å²) in [6, 6.07) is 13.7. The molecule has 0 saturated heterocycles. The minimum atomic E-state index is -0.259. The Morgan fingerprint density at radius 3 is 2.54 bits per heavy atom. The maximum Gasteiger partial charge on any atom is 0.258 e. The van der Waals surface area contributed by atoms with Gasteiger partial charge in [0.15, 0.2) is 11.5 Å².